The van der Waals surface area contributed by atoms with Gasteiger partial charge in [0, 0.05) is 11.0 Å². The molecule has 0 aliphatic carbocycles. The summed E-state index contributed by atoms with van der Waals surface area (Å²) in [4.78, 5) is 11.1. The van der Waals surface area contributed by atoms with Gasteiger partial charge in [0.1, 0.15) is 0 Å². The summed E-state index contributed by atoms with van der Waals surface area (Å²) in [6.45, 7) is 1.86. The number of carbonyl (C=O) groups is 1. The number of allylic oxidation sites excluding steroid dienone is 1. The number of thioether (sulfide) groups is 1. The van der Waals surface area contributed by atoms with Crippen LogP contribution in [0.3, 0.4) is 0 Å². The van der Waals surface area contributed by atoms with Gasteiger partial charge in [-0.2, -0.15) is 13.2 Å². The Kier molecular flexibility index (Phi) is 5.11. The highest BCUT2D eigenvalue weighted by molar-refractivity contribution is 9.09. The number of halogens is 4. The molecule has 1 unspecified atom stereocenters. The van der Waals surface area contributed by atoms with Gasteiger partial charge in [0.25, 0.3) is 0 Å². The van der Waals surface area contributed by atoms with Crippen molar-refractivity contribution in [1.29, 1.82) is 0 Å². The molecule has 0 fully saturated rings. The van der Waals surface area contributed by atoms with Gasteiger partial charge in [-0.3, -0.25) is 0 Å². The minimum Gasteiger partial charge on any atom is -0.463 e. The number of alkyl halides is 4. The second-order valence-electron chi connectivity index (χ2n) is 4.50. The first-order chi connectivity index (χ1) is 10.3. The van der Waals surface area contributed by atoms with E-state index in [1.165, 1.54) is 23.9 Å². The lowest BCUT2D eigenvalue weighted by atomic mass is 10.0. The first-order valence-corrected chi connectivity index (χ1v) is 8.39. The van der Waals surface area contributed by atoms with Crippen LogP contribution in [-0.2, 0) is 20.6 Å². The lowest BCUT2D eigenvalue weighted by Gasteiger charge is -2.28. The molecule has 1 aliphatic rings. The summed E-state index contributed by atoms with van der Waals surface area (Å²) >= 11 is 4.46. The predicted octanol–water partition coefficient (Wildman–Crippen LogP) is 3.99. The summed E-state index contributed by atoms with van der Waals surface area (Å²) in [5, 5.41) is 5.29. The fourth-order valence-corrected chi connectivity index (χ4v) is 3.59. The van der Waals surface area contributed by atoms with Crippen molar-refractivity contribution in [3.63, 3.8) is 0 Å². The van der Waals surface area contributed by atoms with E-state index in [9.17, 15) is 18.0 Å². The first-order valence-electron chi connectivity index (χ1n) is 6.39. The third-order valence-electron chi connectivity index (χ3n) is 3.04. The Morgan fingerprint density at radius 3 is 2.45 bits per heavy atom. The van der Waals surface area contributed by atoms with Crippen molar-refractivity contribution in [1.82, 2.24) is 5.32 Å². The van der Waals surface area contributed by atoms with Gasteiger partial charge >= 0.3 is 12.1 Å². The number of carbonyl (C=O) groups excluding carboxylic acids is 1. The largest absolute Gasteiger partial charge is 0.463 e. The van der Waals surface area contributed by atoms with Crippen molar-refractivity contribution in [2.75, 3.05) is 11.9 Å². The highest BCUT2D eigenvalue weighted by Crippen LogP contribution is 2.43. The van der Waals surface area contributed by atoms with E-state index in [-0.39, 0.29) is 6.61 Å². The van der Waals surface area contributed by atoms with Crippen LogP contribution < -0.4 is 5.32 Å². The zero-order chi connectivity index (χ0) is 16.4. The normalized spacial score (nSPS) is 21.2. The second-order valence-corrected chi connectivity index (χ2v) is 6.14. The quantitative estimate of drug-likeness (QED) is 0.617. The van der Waals surface area contributed by atoms with Crippen LogP contribution in [0, 0.1) is 0 Å². The molecule has 0 spiro atoms. The summed E-state index contributed by atoms with van der Waals surface area (Å²) < 4.78 is 43.1. The Bertz CT molecular complexity index is 589. The van der Waals surface area contributed by atoms with Gasteiger partial charge in [-0.15, -0.1) is 0 Å². The predicted molar refractivity (Wildman–Crippen MR) is 82.4 cm³/mol. The Balaban J connectivity index is 2.37. The van der Waals surface area contributed by atoms with Gasteiger partial charge in [-0.1, -0.05) is 39.8 Å². The molecule has 0 aromatic heterocycles. The first kappa shape index (κ1) is 17.2. The Morgan fingerprint density at radius 1 is 1.36 bits per heavy atom. The van der Waals surface area contributed by atoms with Crippen LogP contribution in [0.2, 0.25) is 0 Å². The molecule has 3 nitrogen and oxygen atoms in total. The lowest BCUT2D eigenvalue weighted by molar-refractivity contribution is -0.147. The number of benzene rings is 1. The summed E-state index contributed by atoms with van der Waals surface area (Å²) in [6.07, 6.45) is -4.41. The van der Waals surface area contributed by atoms with E-state index in [2.05, 4.69) is 21.2 Å². The van der Waals surface area contributed by atoms with E-state index in [0.29, 0.717) is 10.9 Å². The average molecular weight is 396 g/mol. The Hall–Kier alpha value is -1.15. The molecule has 1 aliphatic heterocycles. The van der Waals surface area contributed by atoms with Crippen LogP contribution in [0.15, 0.2) is 35.4 Å². The maximum Gasteiger partial charge on any atom is 0.416 e. The Labute approximate surface area is 138 Å². The maximum atomic E-state index is 12.7. The standard InChI is InChI=1S/C14H13BrF3NO2S/c1-2-21-12(20)13(19-11(7-15)8-22-13)9-3-5-10(6-4-9)14(16,17)18/h3-6,8,19H,2,7H2,1H3. The van der Waals surface area contributed by atoms with Crippen molar-refractivity contribution in [2.45, 2.75) is 18.0 Å². The molecule has 2 rings (SSSR count). The maximum absolute atomic E-state index is 12.7. The highest BCUT2D eigenvalue weighted by atomic mass is 79.9. The summed E-state index contributed by atoms with van der Waals surface area (Å²) in [7, 11) is 0. The van der Waals surface area contributed by atoms with Gasteiger partial charge < -0.3 is 10.1 Å². The van der Waals surface area contributed by atoms with E-state index < -0.39 is 22.6 Å². The average Bonchev–Trinajstić information content (AvgIpc) is 2.92. The van der Waals surface area contributed by atoms with E-state index in [1.54, 1.807) is 12.3 Å². The van der Waals surface area contributed by atoms with Crippen LogP contribution in [0.1, 0.15) is 18.1 Å². The van der Waals surface area contributed by atoms with Crippen molar-refractivity contribution in [3.05, 3.63) is 46.5 Å². The highest BCUT2D eigenvalue weighted by Gasteiger charge is 2.46. The number of hydrogen-bond acceptors (Lipinski definition) is 4. The second kappa shape index (κ2) is 6.54. The Morgan fingerprint density at radius 2 is 2.00 bits per heavy atom. The minimum absolute atomic E-state index is 0.188. The van der Waals surface area contributed by atoms with Crippen molar-refractivity contribution in [2.24, 2.45) is 0 Å². The molecule has 22 heavy (non-hydrogen) atoms. The molecule has 0 radical (unpaired) electrons. The SMILES string of the molecule is CCOC(=O)C1(c2ccc(C(F)(F)F)cc2)NC(CBr)=CS1. The molecule has 8 heteroatoms. The zero-order valence-electron chi connectivity index (χ0n) is 11.5. The van der Waals surface area contributed by atoms with Crippen LogP contribution in [0.25, 0.3) is 0 Å². The molecule has 120 valence electrons. The molecule has 1 aromatic rings. The van der Waals surface area contributed by atoms with Crippen LogP contribution in [-0.4, -0.2) is 17.9 Å². The number of rotatable bonds is 4. The van der Waals surface area contributed by atoms with E-state index in [4.69, 9.17) is 4.74 Å². The zero-order valence-corrected chi connectivity index (χ0v) is 13.9. The van der Waals surface area contributed by atoms with Gasteiger partial charge in [-0.05, 0) is 30.0 Å². The smallest absolute Gasteiger partial charge is 0.416 e. The topological polar surface area (TPSA) is 38.3 Å². The minimum atomic E-state index is -4.41. The van der Waals surface area contributed by atoms with Crippen LogP contribution in [0.5, 0.6) is 0 Å². The number of nitrogens with one attached hydrogen (secondary N) is 1. The molecule has 0 amide bonds. The molecule has 1 N–H and O–H groups in total. The van der Waals surface area contributed by atoms with Crippen molar-refractivity contribution >= 4 is 33.7 Å². The summed E-state index contributed by atoms with van der Waals surface area (Å²) in [6, 6.07) is 4.52. The fraction of sp³-hybridized carbons (Fsp3) is 0.357. The monoisotopic (exact) mass is 395 g/mol. The number of ether oxygens (including phenoxy) is 1. The number of esters is 1. The van der Waals surface area contributed by atoms with Crippen LogP contribution in [0.4, 0.5) is 13.2 Å². The van der Waals surface area contributed by atoms with Gasteiger partial charge in [0.05, 0.1) is 12.2 Å². The van der Waals surface area contributed by atoms with Gasteiger partial charge in [-0.25, -0.2) is 4.79 Å². The molecule has 1 atom stereocenters. The third kappa shape index (κ3) is 3.27. The van der Waals surface area contributed by atoms with Crippen LogP contribution >= 0.6 is 27.7 Å². The van der Waals surface area contributed by atoms with Crippen molar-refractivity contribution < 1.29 is 22.7 Å². The lowest BCUT2D eigenvalue weighted by Crippen LogP contribution is -2.44. The molecule has 0 saturated heterocycles. The number of hydrogen-bond donors (Lipinski definition) is 1. The van der Waals surface area contributed by atoms with E-state index in [0.717, 1.165) is 17.8 Å². The summed E-state index contributed by atoms with van der Waals surface area (Å²) in [5.74, 6) is -0.535. The molecule has 1 heterocycles. The molecular weight excluding hydrogens is 383 g/mol. The molecule has 0 bridgehead atoms. The third-order valence-corrected chi connectivity index (χ3v) is 4.90. The van der Waals surface area contributed by atoms with Gasteiger partial charge in [0.15, 0.2) is 0 Å². The molecular formula is C14H13BrF3NO2S. The summed E-state index contributed by atoms with van der Waals surface area (Å²) in [5.41, 5.74) is 0.418. The van der Waals surface area contributed by atoms with Crippen molar-refractivity contribution in [3.8, 4) is 0 Å². The molecule has 1 aromatic carbocycles. The molecule has 0 saturated carbocycles. The van der Waals surface area contributed by atoms with E-state index in [1.807, 2.05) is 0 Å². The van der Waals surface area contributed by atoms with E-state index >= 15 is 0 Å². The van der Waals surface area contributed by atoms with Gasteiger partial charge in [0.2, 0.25) is 4.87 Å². The fourth-order valence-electron chi connectivity index (χ4n) is 1.99.